The van der Waals surface area contributed by atoms with Gasteiger partial charge in [0.25, 0.3) is 5.91 Å². The number of amides is 1. The summed E-state index contributed by atoms with van der Waals surface area (Å²) < 4.78 is 0. The van der Waals surface area contributed by atoms with E-state index in [4.69, 9.17) is 5.73 Å². The molecule has 0 aromatic heterocycles. The SMILES string of the molecule is NC(=O)c1ccccc1N1CSc2ccccc21. The molecular weight excluding hydrogens is 244 g/mol. The standard InChI is InChI=1S/C14H12N2OS/c15-14(17)10-5-1-2-6-11(10)16-9-18-13-8-4-3-7-12(13)16/h1-8H,9H2,(H2,15,17). The third kappa shape index (κ3) is 1.75. The fraction of sp³-hybridized carbons (Fsp3) is 0.0714. The fourth-order valence-electron chi connectivity index (χ4n) is 2.12. The number of benzene rings is 2. The number of nitrogens with zero attached hydrogens (tertiary/aromatic N) is 1. The van der Waals surface area contributed by atoms with Crippen LogP contribution in [0.2, 0.25) is 0 Å². The van der Waals surface area contributed by atoms with Gasteiger partial charge in [-0.1, -0.05) is 24.3 Å². The Bertz CT molecular complexity index is 612. The third-order valence-corrected chi connectivity index (χ3v) is 4.01. The summed E-state index contributed by atoms with van der Waals surface area (Å²) in [5, 5.41) is 0. The van der Waals surface area contributed by atoms with Crippen LogP contribution in [0.4, 0.5) is 11.4 Å². The van der Waals surface area contributed by atoms with E-state index in [0.717, 1.165) is 17.3 Å². The van der Waals surface area contributed by atoms with Crippen LogP contribution in [-0.4, -0.2) is 11.8 Å². The van der Waals surface area contributed by atoms with E-state index in [1.807, 2.05) is 30.3 Å². The number of nitrogens with two attached hydrogens (primary N) is 1. The van der Waals surface area contributed by atoms with E-state index >= 15 is 0 Å². The van der Waals surface area contributed by atoms with Gasteiger partial charge in [0, 0.05) is 4.90 Å². The van der Waals surface area contributed by atoms with Crippen molar-refractivity contribution in [3.05, 3.63) is 54.1 Å². The van der Waals surface area contributed by atoms with Gasteiger partial charge in [-0.25, -0.2) is 0 Å². The summed E-state index contributed by atoms with van der Waals surface area (Å²) in [4.78, 5) is 14.8. The smallest absolute Gasteiger partial charge is 0.250 e. The Morgan fingerprint density at radius 1 is 1.06 bits per heavy atom. The lowest BCUT2D eigenvalue weighted by molar-refractivity contribution is 0.100. The van der Waals surface area contributed by atoms with E-state index in [0.29, 0.717) is 5.56 Å². The van der Waals surface area contributed by atoms with Gasteiger partial charge < -0.3 is 10.6 Å². The summed E-state index contributed by atoms with van der Waals surface area (Å²) >= 11 is 1.77. The molecule has 0 saturated carbocycles. The highest BCUT2D eigenvalue weighted by atomic mass is 32.2. The van der Waals surface area contributed by atoms with Crippen molar-refractivity contribution in [3.8, 4) is 0 Å². The van der Waals surface area contributed by atoms with E-state index < -0.39 is 0 Å². The number of carbonyl (C=O) groups is 1. The molecule has 0 fully saturated rings. The minimum atomic E-state index is -0.389. The van der Waals surface area contributed by atoms with Gasteiger partial charge in [-0.15, -0.1) is 11.8 Å². The van der Waals surface area contributed by atoms with Crippen molar-refractivity contribution in [2.24, 2.45) is 5.73 Å². The third-order valence-electron chi connectivity index (χ3n) is 2.97. The van der Waals surface area contributed by atoms with Crippen LogP contribution in [0.3, 0.4) is 0 Å². The highest BCUT2D eigenvalue weighted by molar-refractivity contribution is 7.99. The maximum absolute atomic E-state index is 11.5. The zero-order valence-corrected chi connectivity index (χ0v) is 10.5. The maximum Gasteiger partial charge on any atom is 0.250 e. The molecule has 4 heteroatoms. The minimum Gasteiger partial charge on any atom is -0.366 e. The van der Waals surface area contributed by atoms with Gasteiger partial charge in [-0.05, 0) is 24.3 Å². The Morgan fingerprint density at radius 3 is 2.50 bits per heavy atom. The van der Waals surface area contributed by atoms with Gasteiger partial charge in [0.1, 0.15) is 0 Å². The van der Waals surface area contributed by atoms with Crippen LogP contribution in [0.25, 0.3) is 0 Å². The van der Waals surface area contributed by atoms with E-state index in [2.05, 4.69) is 17.0 Å². The number of thioether (sulfide) groups is 1. The summed E-state index contributed by atoms with van der Waals surface area (Å²) in [6, 6.07) is 15.6. The first kappa shape index (κ1) is 11.2. The largest absolute Gasteiger partial charge is 0.366 e. The van der Waals surface area contributed by atoms with Gasteiger partial charge in [0.2, 0.25) is 0 Å². The summed E-state index contributed by atoms with van der Waals surface area (Å²) in [5.74, 6) is 0.420. The van der Waals surface area contributed by atoms with Gasteiger partial charge in [0.15, 0.2) is 0 Å². The Labute approximate surface area is 110 Å². The number of primary amides is 1. The lowest BCUT2D eigenvalue weighted by Crippen LogP contribution is -2.19. The molecule has 3 rings (SSSR count). The Hall–Kier alpha value is -1.94. The van der Waals surface area contributed by atoms with Crippen LogP contribution in [0.5, 0.6) is 0 Å². The zero-order chi connectivity index (χ0) is 12.5. The molecule has 18 heavy (non-hydrogen) atoms. The molecule has 1 aliphatic heterocycles. The Kier molecular flexibility index (Phi) is 2.72. The summed E-state index contributed by atoms with van der Waals surface area (Å²) in [6.07, 6.45) is 0. The first-order chi connectivity index (χ1) is 8.77. The molecule has 2 aromatic carbocycles. The molecule has 0 aliphatic carbocycles. The van der Waals surface area contributed by atoms with Crippen molar-refractivity contribution in [2.75, 3.05) is 10.8 Å². The lowest BCUT2D eigenvalue weighted by Gasteiger charge is -2.20. The molecule has 0 spiro atoms. The summed E-state index contributed by atoms with van der Waals surface area (Å²) in [6.45, 7) is 0. The molecule has 1 heterocycles. The second-order valence-electron chi connectivity index (χ2n) is 4.05. The number of anilines is 2. The topological polar surface area (TPSA) is 46.3 Å². The van der Waals surface area contributed by atoms with Crippen molar-refractivity contribution in [1.82, 2.24) is 0 Å². The highest BCUT2D eigenvalue weighted by Crippen LogP contribution is 2.43. The zero-order valence-electron chi connectivity index (χ0n) is 9.67. The summed E-state index contributed by atoms with van der Waals surface area (Å²) in [5.41, 5.74) is 8.01. The average molecular weight is 256 g/mol. The van der Waals surface area contributed by atoms with Crippen LogP contribution in [0.15, 0.2) is 53.4 Å². The summed E-state index contributed by atoms with van der Waals surface area (Å²) in [7, 11) is 0. The molecule has 0 saturated heterocycles. The molecule has 2 aromatic rings. The van der Waals surface area contributed by atoms with Gasteiger partial charge >= 0.3 is 0 Å². The van der Waals surface area contributed by atoms with Crippen molar-refractivity contribution in [2.45, 2.75) is 4.90 Å². The van der Waals surface area contributed by atoms with Crippen LogP contribution in [0, 0.1) is 0 Å². The first-order valence-corrected chi connectivity index (χ1v) is 6.64. The quantitative estimate of drug-likeness (QED) is 0.898. The molecule has 0 bridgehead atoms. The number of hydrogen-bond acceptors (Lipinski definition) is 3. The van der Waals surface area contributed by atoms with Gasteiger partial charge in [-0.3, -0.25) is 4.79 Å². The van der Waals surface area contributed by atoms with Gasteiger partial charge in [-0.2, -0.15) is 0 Å². The maximum atomic E-state index is 11.5. The molecule has 1 amide bonds. The molecule has 1 aliphatic rings. The van der Waals surface area contributed by atoms with Crippen molar-refractivity contribution < 1.29 is 4.79 Å². The predicted molar refractivity (Wildman–Crippen MR) is 74.3 cm³/mol. The first-order valence-electron chi connectivity index (χ1n) is 5.65. The van der Waals surface area contributed by atoms with Crippen LogP contribution in [0.1, 0.15) is 10.4 Å². The number of fused-ring (bicyclic) bond motifs is 1. The van der Waals surface area contributed by atoms with Crippen molar-refractivity contribution in [1.29, 1.82) is 0 Å². The van der Waals surface area contributed by atoms with Crippen LogP contribution in [-0.2, 0) is 0 Å². The van der Waals surface area contributed by atoms with Crippen molar-refractivity contribution >= 4 is 29.0 Å². The lowest BCUT2D eigenvalue weighted by atomic mass is 10.1. The Morgan fingerprint density at radius 2 is 1.72 bits per heavy atom. The number of rotatable bonds is 2. The van der Waals surface area contributed by atoms with E-state index in [9.17, 15) is 4.79 Å². The number of carbonyl (C=O) groups excluding carboxylic acids is 1. The second kappa shape index (κ2) is 4.38. The normalized spacial score (nSPS) is 13.4. The molecule has 3 nitrogen and oxygen atoms in total. The number of hydrogen-bond donors (Lipinski definition) is 1. The molecule has 0 radical (unpaired) electrons. The Balaban J connectivity index is 2.10. The van der Waals surface area contributed by atoms with E-state index in [-0.39, 0.29) is 5.91 Å². The molecular formula is C14H12N2OS. The minimum absolute atomic E-state index is 0.389. The van der Waals surface area contributed by atoms with E-state index in [1.165, 1.54) is 4.90 Å². The fourth-order valence-corrected chi connectivity index (χ4v) is 3.17. The van der Waals surface area contributed by atoms with Crippen LogP contribution >= 0.6 is 11.8 Å². The van der Waals surface area contributed by atoms with Gasteiger partial charge in [0.05, 0.1) is 22.8 Å². The molecule has 0 unspecified atom stereocenters. The molecule has 0 atom stereocenters. The predicted octanol–water partition coefficient (Wildman–Crippen LogP) is 2.99. The highest BCUT2D eigenvalue weighted by Gasteiger charge is 2.23. The molecule has 90 valence electrons. The second-order valence-corrected chi connectivity index (χ2v) is 5.04. The monoisotopic (exact) mass is 256 g/mol. The number of para-hydroxylation sites is 2. The van der Waals surface area contributed by atoms with Crippen LogP contribution < -0.4 is 10.6 Å². The van der Waals surface area contributed by atoms with E-state index in [1.54, 1.807) is 17.8 Å². The average Bonchev–Trinajstić information content (AvgIpc) is 2.82. The van der Waals surface area contributed by atoms with Crippen molar-refractivity contribution in [3.63, 3.8) is 0 Å². The molecule has 2 N–H and O–H groups in total.